The predicted molar refractivity (Wildman–Crippen MR) is 147 cm³/mol. The fourth-order valence-corrected chi connectivity index (χ4v) is 4.86. The third-order valence-electron chi connectivity index (χ3n) is 7.30. The summed E-state index contributed by atoms with van der Waals surface area (Å²) in [5.41, 5.74) is 1.19. The molecule has 0 aromatic heterocycles. The Morgan fingerprint density at radius 2 is 1.51 bits per heavy atom. The summed E-state index contributed by atoms with van der Waals surface area (Å²) in [6.07, 6.45) is 8.58. The van der Waals surface area contributed by atoms with Crippen LogP contribution in [0.1, 0.15) is 69.8 Å². The Morgan fingerprint density at radius 3 is 2.21 bits per heavy atom. The van der Waals surface area contributed by atoms with Crippen molar-refractivity contribution in [3.63, 3.8) is 0 Å². The normalized spacial score (nSPS) is 18.7. The molecule has 1 aliphatic carbocycles. The molecule has 1 aromatic rings. The highest BCUT2D eigenvalue weighted by atomic mass is 16.5. The number of benzene rings is 1. The van der Waals surface area contributed by atoms with E-state index in [2.05, 4.69) is 10.6 Å². The van der Waals surface area contributed by atoms with Crippen molar-refractivity contribution in [2.45, 2.75) is 71.1 Å². The molecule has 1 aliphatic heterocycles. The molecule has 1 saturated carbocycles. The maximum absolute atomic E-state index is 12.5. The van der Waals surface area contributed by atoms with E-state index in [1.807, 2.05) is 31.2 Å². The lowest BCUT2D eigenvalue weighted by molar-refractivity contribution is -0.138. The average molecular weight is 540 g/mol. The van der Waals surface area contributed by atoms with Gasteiger partial charge < -0.3 is 15.4 Å². The molecular weight excluding hydrogens is 498 g/mol. The fourth-order valence-electron chi connectivity index (χ4n) is 4.86. The Kier molecular flexibility index (Phi) is 12.2. The molecule has 0 radical (unpaired) electrons. The quantitative estimate of drug-likeness (QED) is 0.246. The molecule has 1 heterocycles. The second-order valence-corrected chi connectivity index (χ2v) is 10.5. The van der Waals surface area contributed by atoms with Crippen molar-refractivity contribution < 1.29 is 28.7 Å². The van der Waals surface area contributed by atoms with Crippen molar-refractivity contribution in [2.75, 3.05) is 26.2 Å². The number of rotatable bonds is 16. The van der Waals surface area contributed by atoms with Crippen LogP contribution in [0.25, 0.3) is 0 Å². The highest BCUT2D eigenvalue weighted by Crippen LogP contribution is 2.30. The molecule has 9 nitrogen and oxygen atoms in total. The molecular formula is C30H41N3O6. The molecule has 9 heteroatoms. The Balaban J connectivity index is 1.15. The third kappa shape index (κ3) is 10.7. The van der Waals surface area contributed by atoms with Gasteiger partial charge in [0.05, 0.1) is 6.61 Å². The summed E-state index contributed by atoms with van der Waals surface area (Å²) in [7, 11) is 0. The number of amides is 4. The van der Waals surface area contributed by atoms with E-state index in [0.29, 0.717) is 39.1 Å². The Labute approximate surface area is 230 Å². The second kappa shape index (κ2) is 15.8. The van der Waals surface area contributed by atoms with E-state index in [9.17, 15) is 24.0 Å². The Bertz CT molecular complexity index is 1010. The summed E-state index contributed by atoms with van der Waals surface area (Å²) in [5, 5.41) is 5.77. The van der Waals surface area contributed by atoms with Crippen LogP contribution in [0.15, 0.2) is 36.4 Å². The van der Waals surface area contributed by atoms with Crippen LogP contribution in [0, 0.1) is 18.8 Å². The first-order valence-corrected chi connectivity index (χ1v) is 14.1. The van der Waals surface area contributed by atoms with Gasteiger partial charge in [0.15, 0.2) is 0 Å². The van der Waals surface area contributed by atoms with Crippen molar-refractivity contribution in [2.24, 2.45) is 11.8 Å². The molecule has 4 amide bonds. The van der Waals surface area contributed by atoms with Crippen LogP contribution in [-0.2, 0) is 24.0 Å². The van der Waals surface area contributed by atoms with Crippen LogP contribution in [0.4, 0.5) is 0 Å². The third-order valence-corrected chi connectivity index (χ3v) is 7.30. The minimum Gasteiger partial charge on any atom is -0.494 e. The van der Waals surface area contributed by atoms with Gasteiger partial charge in [-0.15, -0.1) is 0 Å². The van der Waals surface area contributed by atoms with Crippen LogP contribution in [-0.4, -0.2) is 60.6 Å². The molecule has 1 aromatic carbocycles. The minimum atomic E-state index is -0.259. The molecule has 0 spiro atoms. The summed E-state index contributed by atoms with van der Waals surface area (Å²) >= 11 is 0. The van der Waals surface area contributed by atoms with Gasteiger partial charge in [0.25, 0.3) is 11.8 Å². The number of ketones is 1. The van der Waals surface area contributed by atoms with E-state index in [-0.39, 0.29) is 54.1 Å². The van der Waals surface area contributed by atoms with Crippen molar-refractivity contribution in [3.05, 3.63) is 42.0 Å². The van der Waals surface area contributed by atoms with E-state index < -0.39 is 0 Å². The average Bonchev–Trinajstić information content (AvgIpc) is 3.25. The lowest BCUT2D eigenvalue weighted by Crippen LogP contribution is -2.38. The molecule has 2 N–H and O–H groups in total. The summed E-state index contributed by atoms with van der Waals surface area (Å²) in [4.78, 5) is 61.3. The number of carbonyl (C=O) groups excluding carboxylic acids is 5. The van der Waals surface area contributed by atoms with Crippen molar-refractivity contribution in [1.29, 1.82) is 0 Å². The van der Waals surface area contributed by atoms with Gasteiger partial charge in [-0.2, -0.15) is 0 Å². The first-order chi connectivity index (χ1) is 18.8. The fraction of sp³-hybridized carbons (Fsp3) is 0.567. The summed E-state index contributed by atoms with van der Waals surface area (Å²) in [6.45, 7) is 4.04. The minimum absolute atomic E-state index is 0.000431. The Morgan fingerprint density at radius 1 is 0.846 bits per heavy atom. The number of carbonyl (C=O) groups is 5. The van der Waals surface area contributed by atoms with Gasteiger partial charge >= 0.3 is 0 Å². The maximum atomic E-state index is 12.5. The van der Waals surface area contributed by atoms with Crippen LogP contribution in [0.3, 0.4) is 0 Å². The molecule has 1 fully saturated rings. The number of nitrogens with one attached hydrogen (secondary N) is 2. The first kappa shape index (κ1) is 30.1. The number of unbranched alkanes of at least 4 members (excludes halogenated alkanes) is 1. The summed E-state index contributed by atoms with van der Waals surface area (Å²) in [6, 6.07) is 7.90. The zero-order valence-electron chi connectivity index (χ0n) is 22.9. The molecule has 0 bridgehead atoms. The highest BCUT2D eigenvalue weighted by molar-refractivity contribution is 6.12. The van der Waals surface area contributed by atoms with Crippen LogP contribution in [0.5, 0.6) is 5.75 Å². The number of Topliss-reactive ketones (excluding diaryl/α,β-unsaturated/α-hetero) is 1. The zero-order valence-corrected chi connectivity index (χ0v) is 22.9. The molecule has 0 saturated heterocycles. The molecule has 212 valence electrons. The van der Waals surface area contributed by atoms with Gasteiger partial charge in [-0.05, 0) is 69.9 Å². The first-order valence-electron chi connectivity index (χ1n) is 14.1. The number of ether oxygens (including phenoxy) is 1. The van der Waals surface area contributed by atoms with Crippen molar-refractivity contribution in [3.8, 4) is 5.75 Å². The van der Waals surface area contributed by atoms with E-state index in [0.717, 1.165) is 44.3 Å². The van der Waals surface area contributed by atoms with E-state index in [1.54, 1.807) is 0 Å². The van der Waals surface area contributed by atoms with E-state index in [4.69, 9.17) is 4.74 Å². The number of imide groups is 1. The second-order valence-electron chi connectivity index (χ2n) is 10.5. The van der Waals surface area contributed by atoms with Gasteiger partial charge in [-0.25, -0.2) is 0 Å². The largest absolute Gasteiger partial charge is 0.494 e. The number of hydrogen-bond donors (Lipinski definition) is 2. The number of hydrogen-bond acceptors (Lipinski definition) is 6. The lowest BCUT2D eigenvalue weighted by atomic mass is 9.81. The SMILES string of the molecule is Cc1ccc(OCCCCNC(=O)CCC(=O)CCCNC(=O)C2CCC(CN3C(=O)C=CC3=O)CC2)cc1. The smallest absolute Gasteiger partial charge is 0.253 e. The highest BCUT2D eigenvalue weighted by Gasteiger charge is 2.31. The van der Waals surface area contributed by atoms with Gasteiger partial charge in [0, 0.05) is 57.0 Å². The zero-order chi connectivity index (χ0) is 28.0. The van der Waals surface area contributed by atoms with Gasteiger partial charge in [-0.1, -0.05) is 17.7 Å². The topological polar surface area (TPSA) is 122 Å². The van der Waals surface area contributed by atoms with Gasteiger partial charge in [0.2, 0.25) is 11.8 Å². The standard InChI is InChI=1S/C30H41N3O6/c1-22-6-13-26(14-7-22)39-20-3-2-18-31-27(35)15-12-25(34)5-4-19-32-30(38)24-10-8-23(9-11-24)21-33-28(36)16-17-29(33)37/h6-7,13-14,16-17,23-24H,2-5,8-12,15,18-21H2,1H3,(H,31,35)(H,32,38). The molecule has 39 heavy (non-hydrogen) atoms. The molecule has 2 aliphatic rings. The maximum Gasteiger partial charge on any atom is 0.253 e. The van der Waals surface area contributed by atoms with E-state index in [1.165, 1.54) is 22.6 Å². The van der Waals surface area contributed by atoms with E-state index >= 15 is 0 Å². The molecule has 0 unspecified atom stereocenters. The van der Waals surface area contributed by atoms with Crippen molar-refractivity contribution in [1.82, 2.24) is 15.5 Å². The van der Waals surface area contributed by atoms with Crippen LogP contribution >= 0.6 is 0 Å². The predicted octanol–water partition coefficient (Wildman–Crippen LogP) is 3.25. The number of aryl methyl sites for hydroxylation is 1. The summed E-state index contributed by atoms with van der Waals surface area (Å²) in [5.74, 6) is 0.382. The van der Waals surface area contributed by atoms with Gasteiger partial charge in [0.1, 0.15) is 11.5 Å². The lowest BCUT2D eigenvalue weighted by Gasteiger charge is -2.30. The van der Waals surface area contributed by atoms with Gasteiger partial charge in [-0.3, -0.25) is 28.9 Å². The number of nitrogens with zero attached hydrogens (tertiary/aromatic N) is 1. The Hall–Kier alpha value is -3.49. The molecule has 0 atom stereocenters. The molecule has 3 rings (SSSR count). The van der Waals surface area contributed by atoms with Crippen LogP contribution < -0.4 is 15.4 Å². The van der Waals surface area contributed by atoms with Crippen LogP contribution in [0.2, 0.25) is 0 Å². The monoisotopic (exact) mass is 539 g/mol. The summed E-state index contributed by atoms with van der Waals surface area (Å²) < 4.78 is 5.67. The van der Waals surface area contributed by atoms with Crippen molar-refractivity contribution >= 4 is 29.4 Å².